The van der Waals surface area contributed by atoms with Crippen molar-refractivity contribution in [1.29, 1.82) is 0 Å². The zero-order valence-corrected chi connectivity index (χ0v) is 42.2. The molecular weight excluding hydrogens is 815 g/mol. The third kappa shape index (κ3) is 7.55. The molecule has 0 fully saturated rings. The van der Waals surface area contributed by atoms with E-state index >= 15 is 0 Å². The van der Waals surface area contributed by atoms with Crippen LogP contribution in [-0.2, 0) is 28.4 Å². The first-order valence-corrected chi connectivity index (χ1v) is 38.2. The van der Waals surface area contributed by atoms with E-state index in [0.29, 0.717) is 23.7 Å². The molecule has 0 saturated heterocycles. The molecule has 4 aromatic carbocycles. The SMILES string of the molecule is CCCc1ccc2c(c1-c1cc(C(C)C)cc(C(C)C)c1)C=C(C)[CH]2[Zr]([Cl])([Cl])([CH]1C(C)=Cc2c1ccc(CCC)c2-c1cc(C(C)C)cc(C(C)C)c1)[SiH](C)C. The zero-order valence-electron chi connectivity index (χ0n) is 37.1. The number of halogens is 2. The average Bonchev–Trinajstić information content (AvgIpc) is 3.67. The fraction of sp³-hybridized carbons (Fsp3) is 0.462. The van der Waals surface area contributed by atoms with E-state index in [4.69, 9.17) is 17.0 Å². The second-order valence-corrected chi connectivity index (χ2v) is 61.6. The molecule has 0 saturated carbocycles. The van der Waals surface area contributed by atoms with Gasteiger partial charge in [-0.15, -0.1) is 0 Å². The number of aryl methyl sites for hydroxylation is 2. The van der Waals surface area contributed by atoms with Crippen LogP contribution in [0.3, 0.4) is 0 Å². The minimum atomic E-state index is -4.90. The van der Waals surface area contributed by atoms with Crippen LogP contribution in [0.2, 0.25) is 13.1 Å². The second-order valence-electron chi connectivity index (χ2n) is 19.1. The fourth-order valence-electron chi connectivity index (χ4n) is 10.2. The van der Waals surface area contributed by atoms with Crippen LogP contribution in [-0.4, -0.2) is 5.92 Å². The van der Waals surface area contributed by atoms with Crippen LogP contribution in [0.1, 0.15) is 182 Å². The normalized spacial score (nSPS) is 17.6. The van der Waals surface area contributed by atoms with Crippen molar-refractivity contribution < 1.29 is 15.6 Å². The summed E-state index contributed by atoms with van der Waals surface area (Å²) in [7, 11) is 17.6. The van der Waals surface area contributed by atoms with Crippen molar-refractivity contribution in [3.8, 4) is 22.3 Å². The molecule has 0 aromatic heterocycles. The number of fused-ring (bicyclic) bond motifs is 2. The summed E-state index contributed by atoms with van der Waals surface area (Å²) in [6.45, 7) is 32.8. The van der Waals surface area contributed by atoms with Gasteiger partial charge in [0.05, 0.1) is 0 Å². The summed E-state index contributed by atoms with van der Waals surface area (Å²) < 4.78 is 0.146. The van der Waals surface area contributed by atoms with Gasteiger partial charge in [0, 0.05) is 0 Å². The molecule has 0 amide bonds. The van der Waals surface area contributed by atoms with Gasteiger partial charge in [0.1, 0.15) is 0 Å². The van der Waals surface area contributed by atoms with Crippen LogP contribution < -0.4 is 0 Å². The van der Waals surface area contributed by atoms with Crippen molar-refractivity contribution in [1.82, 2.24) is 0 Å². The monoisotopic (exact) mass is 881 g/mol. The Morgan fingerprint density at radius 1 is 0.536 bits per heavy atom. The van der Waals surface area contributed by atoms with Crippen LogP contribution >= 0.6 is 17.0 Å². The molecule has 2 aliphatic rings. The minimum absolute atomic E-state index is 0.0728. The molecule has 0 N–H and O–H groups in total. The number of allylic oxidation sites excluding steroid dienone is 2. The molecular formula is C52H69Cl2SiZr. The molecule has 0 spiro atoms. The summed E-state index contributed by atoms with van der Waals surface area (Å²) in [5.74, 6) is 0.153. The van der Waals surface area contributed by atoms with E-state index in [0.717, 1.165) is 25.7 Å². The van der Waals surface area contributed by atoms with E-state index < -0.39 is 21.5 Å². The maximum atomic E-state index is 8.81. The van der Waals surface area contributed by atoms with Crippen molar-refractivity contribution in [2.75, 3.05) is 0 Å². The number of rotatable bonds is 13. The number of benzene rings is 4. The van der Waals surface area contributed by atoms with Crippen LogP contribution in [0, 0.1) is 0 Å². The molecule has 0 bridgehead atoms. The van der Waals surface area contributed by atoms with E-state index in [-0.39, 0.29) is 7.25 Å². The second kappa shape index (κ2) is 16.6. The summed E-state index contributed by atoms with van der Waals surface area (Å²) in [6, 6.07) is 24.5. The number of hydrogen-bond donors (Lipinski definition) is 0. The van der Waals surface area contributed by atoms with Gasteiger partial charge in [0.25, 0.3) is 0 Å². The van der Waals surface area contributed by atoms with Gasteiger partial charge >= 0.3 is 353 Å². The molecule has 0 aliphatic heterocycles. The predicted molar refractivity (Wildman–Crippen MR) is 251 cm³/mol. The van der Waals surface area contributed by atoms with Gasteiger partial charge in [0.15, 0.2) is 0 Å². The van der Waals surface area contributed by atoms with Crippen molar-refractivity contribution in [2.45, 2.75) is 153 Å². The molecule has 56 heavy (non-hydrogen) atoms. The summed E-state index contributed by atoms with van der Waals surface area (Å²) in [5.41, 5.74) is 22.3. The average molecular weight is 884 g/mol. The molecule has 2 aliphatic carbocycles. The van der Waals surface area contributed by atoms with Crippen molar-refractivity contribution in [3.63, 3.8) is 0 Å². The fourth-order valence-corrected chi connectivity index (χ4v) is 43.1. The molecule has 6 rings (SSSR count). The predicted octanol–water partition coefficient (Wildman–Crippen LogP) is 17.0. The standard InChI is InChI=1S/2C25H31.C2H7Si.2ClH.Zr/c2*1-7-8-19-9-10-20-11-18(6)12-24(20)25(19)23-14-21(16(2)3)13-22(15-23)17(4)5;1-3-2;;;/h2*9-17H,7-8H2,1-6H3;3H,1-2H3;2*1H;/q;;;;;+2/p-2. The van der Waals surface area contributed by atoms with E-state index in [1.807, 2.05) is 0 Å². The molecule has 299 valence electrons. The van der Waals surface area contributed by atoms with Crippen LogP contribution in [0.5, 0.6) is 0 Å². The van der Waals surface area contributed by atoms with Crippen molar-refractivity contribution in [2.24, 2.45) is 0 Å². The third-order valence-corrected chi connectivity index (χ3v) is 65.7. The molecule has 2 unspecified atom stereocenters. The molecule has 0 radical (unpaired) electrons. The Hall–Kier alpha value is -1.96. The van der Waals surface area contributed by atoms with Gasteiger partial charge in [-0.25, -0.2) is 0 Å². The quantitative estimate of drug-likeness (QED) is 0.117. The van der Waals surface area contributed by atoms with E-state index in [1.165, 1.54) is 89.0 Å². The molecule has 0 heterocycles. The maximum absolute atomic E-state index is 8.81. The molecule has 4 aromatic rings. The topological polar surface area (TPSA) is 0 Å². The Labute approximate surface area is 350 Å². The van der Waals surface area contributed by atoms with Gasteiger partial charge in [-0.1, -0.05) is 0 Å². The summed E-state index contributed by atoms with van der Waals surface area (Å²) >= 11 is -4.90. The van der Waals surface area contributed by atoms with Crippen LogP contribution in [0.25, 0.3) is 34.4 Å². The summed E-state index contributed by atoms with van der Waals surface area (Å²) in [5, 5.41) is 0. The first kappa shape index (κ1) is 43.6. The van der Waals surface area contributed by atoms with Crippen molar-refractivity contribution >= 4 is 35.1 Å². The first-order valence-electron chi connectivity index (χ1n) is 21.9. The molecule has 4 heteroatoms. The Balaban J connectivity index is 1.61. The van der Waals surface area contributed by atoms with E-state index in [9.17, 15) is 0 Å². The van der Waals surface area contributed by atoms with Gasteiger partial charge in [-0.05, 0) is 0 Å². The van der Waals surface area contributed by atoms with E-state index in [2.05, 4.69) is 169 Å². The molecule has 2 atom stereocenters. The van der Waals surface area contributed by atoms with Crippen LogP contribution in [0.15, 0.2) is 71.8 Å². The zero-order chi connectivity index (χ0) is 41.0. The first-order chi connectivity index (χ1) is 26.3. The Morgan fingerprint density at radius 3 is 1.12 bits per heavy atom. The molecule has 0 nitrogen and oxygen atoms in total. The Bertz CT molecular complexity index is 2000. The number of hydrogen-bond acceptors (Lipinski definition) is 0. The Morgan fingerprint density at radius 2 is 0.857 bits per heavy atom. The van der Waals surface area contributed by atoms with Gasteiger partial charge in [0.2, 0.25) is 0 Å². The Kier molecular flexibility index (Phi) is 12.9. The third-order valence-electron chi connectivity index (χ3n) is 13.5. The van der Waals surface area contributed by atoms with Crippen molar-refractivity contribution in [3.05, 3.63) is 127 Å². The van der Waals surface area contributed by atoms with E-state index in [1.54, 1.807) is 0 Å². The van der Waals surface area contributed by atoms with Crippen LogP contribution in [0.4, 0.5) is 0 Å². The summed E-state index contributed by atoms with van der Waals surface area (Å²) in [4.78, 5) is 0. The summed E-state index contributed by atoms with van der Waals surface area (Å²) in [6.07, 6.45) is 9.34. The van der Waals surface area contributed by atoms with Gasteiger partial charge in [-0.2, -0.15) is 0 Å². The van der Waals surface area contributed by atoms with Gasteiger partial charge < -0.3 is 0 Å². The van der Waals surface area contributed by atoms with Gasteiger partial charge in [-0.3, -0.25) is 0 Å².